The van der Waals surface area contributed by atoms with Crippen molar-refractivity contribution in [3.05, 3.63) is 11.2 Å². The Morgan fingerprint density at radius 1 is 1.39 bits per heavy atom. The predicted octanol–water partition coefficient (Wildman–Crippen LogP) is 2.17. The molecule has 102 valence electrons. The van der Waals surface area contributed by atoms with E-state index < -0.39 is 0 Å². The molecule has 0 aliphatic heterocycles. The molecular formula is C12H22ClN5. The topological polar surface area (TPSA) is 53.1 Å². The third-order valence-corrected chi connectivity index (χ3v) is 2.72. The second kappa shape index (κ2) is 6.20. The van der Waals surface area contributed by atoms with Crippen molar-refractivity contribution in [1.82, 2.24) is 14.9 Å². The van der Waals surface area contributed by atoms with Crippen molar-refractivity contribution in [2.45, 2.75) is 13.8 Å². The van der Waals surface area contributed by atoms with E-state index in [0.29, 0.717) is 16.8 Å². The van der Waals surface area contributed by atoms with Gasteiger partial charge in [-0.15, -0.1) is 0 Å². The Morgan fingerprint density at radius 3 is 2.61 bits per heavy atom. The van der Waals surface area contributed by atoms with E-state index in [1.54, 1.807) is 13.2 Å². The molecule has 18 heavy (non-hydrogen) atoms. The van der Waals surface area contributed by atoms with Crippen LogP contribution in [-0.4, -0.2) is 49.1 Å². The number of nitrogens with zero attached hydrogens (tertiary/aromatic N) is 3. The lowest BCUT2D eigenvalue weighted by Gasteiger charge is -2.28. The molecule has 0 amide bonds. The first-order valence-electron chi connectivity index (χ1n) is 5.93. The van der Waals surface area contributed by atoms with Crippen LogP contribution in [0.4, 0.5) is 11.8 Å². The van der Waals surface area contributed by atoms with E-state index in [1.165, 1.54) is 0 Å². The van der Waals surface area contributed by atoms with Crippen LogP contribution in [0.25, 0.3) is 0 Å². The quantitative estimate of drug-likeness (QED) is 0.831. The monoisotopic (exact) mass is 271 g/mol. The molecule has 0 saturated heterocycles. The Morgan fingerprint density at radius 2 is 2.06 bits per heavy atom. The summed E-state index contributed by atoms with van der Waals surface area (Å²) in [6, 6.07) is 0. The van der Waals surface area contributed by atoms with Crippen molar-refractivity contribution < 1.29 is 0 Å². The average Bonchev–Trinajstić information content (AvgIpc) is 2.26. The van der Waals surface area contributed by atoms with E-state index >= 15 is 0 Å². The number of hydrogen-bond donors (Lipinski definition) is 2. The van der Waals surface area contributed by atoms with Crippen LogP contribution in [0.15, 0.2) is 6.20 Å². The third kappa shape index (κ3) is 4.66. The van der Waals surface area contributed by atoms with Gasteiger partial charge >= 0.3 is 0 Å². The van der Waals surface area contributed by atoms with Gasteiger partial charge in [0.05, 0.1) is 6.20 Å². The van der Waals surface area contributed by atoms with Crippen LogP contribution in [0.2, 0.25) is 5.02 Å². The number of anilines is 2. The molecule has 0 aliphatic rings. The molecule has 6 heteroatoms. The van der Waals surface area contributed by atoms with Crippen molar-refractivity contribution in [2.24, 2.45) is 5.41 Å². The van der Waals surface area contributed by atoms with Crippen LogP contribution in [0, 0.1) is 5.41 Å². The third-order valence-electron chi connectivity index (χ3n) is 2.45. The highest BCUT2D eigenvalue weighted by Crippen LogP contribution is 2.22. The Kier molecular flexibility index (Phi) is 5.16. The Bertz CT molecular complexity index is 392. The molecule has 1 heterocycles. The van der Waals surface area contributed by atoms with E-state index in [9.17, 15) is 0 Å². The van der Waals surface area contributed by atoms with Crippen LogP contribution in [-0.2, 0) is 0 Å². The first-order chi connectivity index (χ1) is 8.34. The molecule has 1 rings (SSSR count). The Labute approximate surface area is 114 Å². The smallest absolute Gasteiger partial charge is 0.224 e. The van der Waals surface area contributed by atoms with Crippen molar-refractivity contribution >= 4 is 23.4 Å². The molecule has 0 aliphatic carbocycles. The van der Waals surface area contributed by atoms with Gasteiger partial charge in [0.1, 0.15) is 5.02 Å². The predicted molar refractivity (Wildman–Crippen MR) is 77.4 cm³/mol. The highest BCUT2D eigenvalue weighted by Gasteiger charge is 2.19. The molecule has 0 aromatic carbocycles. The summed E-state index contributed by atoms with van der Waals surface area (Å²) in [7, 11) is 5.92. The molecule has 0 fully saturated rings. The second-order valence-electron chi connectivity index (χ2n) is 5.40. The van der Waals surface area contributed by atoms with Gasteiger partial charge in [0.25, 0.3) is 0 Å². The molecule has 5 nitrogen and oxygen atoms in total. The second-order valence-corrected chi connectivity index (χ2v) is 5.80. The first kappa shape index (κ1) is 15.0. The zero-order chi connectivity index (χ0) is 13.8. The van der Waals surface area contributed by atoms with E-state index in [0.717, 1.165) is 13.1 Å². The summed E-state index contributed by atoms with van der Waals surface area (Å²) in [5.74, 6) is 1.23. The van der Waals surface area contributed by atoms with Gasteiger partial charge in [-0.25, -0.2) is 4.98 Å². The average molecular weight is 272 g/mol. The highest BCUT2D eigenvalue weighted by molar-refractivity contribution is 6.32. The minimum Gasteiger partial charge on any atom is -0.368 e. The van der Waals surface area contributed by atoms with Gasteiger partial charge < -0.3 is 15.5 Å². The van der Waals surface area contributed by atoms with Crippen LogP contribution in [0.3, 0.4) is 0 Å². The molecule has 2 N–H and O–H groups in total. The fourth-order valence-corrected chi connectivity index (χ4v) is 2.00. The SMILES string of the molecule is CNc1ncc(Cl)c(NCC(C)(C)CN(C)C)n1. The van der Waals surface area contributed by atoms with Gasteiger partial charge in [-0.1, -0.05) is 25.4 Å². The number of halogens is 1. The molecule has 0 saturated carbocycles. The largest absolute Gasteiger partial charge is 0.368 e. The minimum absolute atomic E-state index is 0.136. The van der Waals surface area contributed by atoms with Crippen LogP contribution in [0.5, 0.6) is 0 Å². The number of rotatable bonds is 6. The van der Waals surface area contributed by atoms with E-state index in [4.69, 9.17) is 11.6 Å². The van der Waals surface area contributed by atoms with Crippen LogP contribution in [0.1, 0.15) is 13.8 Å². The summed E-state index contributed by atoms with van der Waals surface area (Å²) in [6.45, 7) is 6.19. The molecule has 0 unspecified atom stereocenters. The van der Waals surface area contributed by atoms with E-state index in [1.807, 2.05) is 0 Å². The summed E-state index contributed by atoms with van der Waals surface area (Å²) < 4.78 is 0. The summed E-state index contributed by atoms with van der Waals surface area (Å²) >= 11 is 6.06. The van der Waals surface area contributed by atoms with Gasteiger partial charge in [-0.3, -0.25) is 0 Å². The lowest BCUT2D eigenvalue weighted by molar-refractivity contribution is 0.254. The molecule has 0 radical (unpaired) electrons. The van der Waals surface area contributed by atoms with Crippen molar-refractivity contribution in [2.75, 3.05) is 44.9 Å². The Balaban J connectivity index is 2.67. The van der Waals surface area contributed by atoms with Gasteiger partial charge in [-0.2, -0.15) is 4.98 Å². The van der Waals surface area contributed by atoms with Gasteiger partial charge in [0.2, 0.25) is 5.95 Å². The molecule has 0 bridgehead atoms. The first-order valence-corrected chi connectivity index (χ1v) is 6.31. The number of nitrogens with one attached hydrogen (secondary N) is 2. The highest BCUT2D eigenvalue weighted by atomic mass is 35.5. The number of hydrogen-bond acceptors (Lipinski definition) is 5. The van der Waals surface area contributed by atoms with Crippen LogP contribution < -0.4 is 10.6 Å². The van der Waals surface area contributed by atoms with Crippen molar-refractivity contribution in [3.8, 4) is 0 Å². The lowest BCUT2D eigenvalue weighted by Crippen LogP contribution is -2.34. The van der Waals surface area contributed by atoms with E-state index in [2.05, 4.69) is 53.4 Å². The maximum absolute atomic E-state index is 6.06. The molecule has 1 aromatic rings. The standard InChI is InChI=1S/C12H22ClN5/c1-12(2,8-18(4)5)7-16-10-9(13)6-15-11(14-3)17-10/h6H,7-8H2,1-5H3,(H2,14,15,16,17). The summed E-state index contributed by atoms with van der Waals surface area (Å²) in [5.41, 5.74) is 0.136. The summed E-state index contributed by atoms with van der Waals surface area (Å²) in [6.07, 6.45) is 1.60. The molecular weight excluding hydrogens is 250 g/mol. The van der Waals surface area contributed by atoms with Gasteiger partial charge in [-0.05, 0) is 19.5 Å². The Hall–Kier alpha value is -1.07. The molecule has 1 aromatic heterocycles. The zero-order valence-corrected chi connectivity index (χ0v) is 12.5. The lowest BCUT2D eigenvalue weighted by atomic mass is 9.93. The summed E-state index contributed by atoms with van der Waals surface area (Å²) in [5, 5.41) is 6.72. The number of aromatic nitrogens is 2. The normalized spacial score (nSPS) is 11.7. The fraction of sp³-hybridized carbons (Fsp3) is 0.667. The van der Waals surface area contributed by atoms with Crippen LogP contribution >= 0.6 is 11.6 Å². The maximum atomic E-state index is 6.06. The fourth-order valence-electron chi connectivity index (χ4n) is 1.85. The van der Waals surface area contributed by atoms with Crippen molar-refractivity contribution in [1.29, 1.82) is 0 Å². The molecule has 0 atom stereocenters. The van der Waals surface area contributed by atoms with Gasteiger partial charge in [0, 0.05) is 20.1 Å². The summed E-state index contributed by atoms with van der Waals surface area (Å²) in [4.78, 5) is 10.5. The van der Waals surface area contributed by atoms with Gasteiger partial charge in [0.15, 0.2) is 5.82 Å². The maximum Gasteiger partial charge on any atom is 0.224 e. The zero-order valence-electron chi connectivity index (χ0n) is 11.7. The van der Waals surface area contributed by atoms with Crippen molar-refractivity contribution in [3.63, 3.8) is 0 Å². The minimum atomic E-state index is 0.136. The molecule has 0 spiro atoms. The van der Waals surface area contributed by atoms with E-state index in [-0.39, 0.29) is 5.41 Å².